The number of anilines is 1. The summed E-state index contributed by atoms with van der Waals surface area (Å²) in [5.74, 6) is -0.0158. The van der Waals surface area contributed by atoms with Gasteiger partial charge in [0.15, 0.2) is 5.78 Å². The highest BCUT2D eigenvalue weighted by Crippen LogP contribution is 2.33. The van der Waals surface area contributed by atoms with E-state index in [2.05, 4.69) is 5.32 Å². The number of benzene rings is 2. The predicted octanol–water partition coefficient (Wildman–Crippen LogP) is 4.52. The van der Waals surface area contributed by atoms with E-state index in [9.17, 15) is 9.59 Å². The number of likely N-dealkylation sites (N-methyl/N-ethyl adjacent to an activating group) is 1. The van der Waals surface area contributed by atoms with Gasteiger partial charge in [-0.3, -0.25) is 9.59 Å². The molecule has 0 spiro atoms. The largest absolute Gasteiger partial charge is 0.311 e. The molecule has 0 unspecified atom stereocenters. The average molecular weight is 397 g/mol. The predicted molar refractivity (Wildman–Crippen MR) is 116 cm³/mol. The number of nitrogens with zero attached hydrogens (tertiary/aromatic N) is 1. The van der Waals surface area contributed by atoms with Crippen LogP contribution >= 0.6 is 11.8 Å². The lowest BCUT2D eigenvalue weighted by Crippen LogP contribution is -2.46. The molecule has 148 valence electrons. The number of carbonyl (C=O) groups excluding carboxylic acids is 2. The zero-order chi connectivity index (χ0) is 19.9. The van der Waals surface area contributed by atoms with Gasteiger partial charge in [0.2, 0.25) is 5.91 Å². The molecule has 0 atom stereocenters. The van der Waals surface area contributed by atoms with Gasteiger partial charge in [-0.2, -0.15) is 0 Å². The number of hydrogen-bond acceptors (Lipinski definition) is 4. The van der Waals surface area contributed by atoms with Crippen LogP contribution < -0.4 is 10.2 Å². The van der Waals surface area contributed by atoms with Crippen LogP contribution in [0, 0.1) is 0 Å². The number of rotatable bonds is 7. The molecular formula is C23H28N2O2S. The summed E-state index contributed by atoms with van der Waals surface area (Å²) in [5.41, 5.74) is 1.98. The number of nitrogens with one attached hydrogen (secondary N) is 1. The molecule has 28 heavy (non-hydrogen) atoms. The molecule has 0 aliphatic heterocycles. The molecular weight excluding hydrogens is 368 g/mol. The minimum Gasteiger partial charge on any atom is -0.311 e. The van der Waals surface area contributed by atoms with Crippen molar-refractivity contribution in [1.29, 1.82) is 0 Å². The number of thioether (sulfide) groups is 1. The van der Waals surface area contributed by atoms with Crippen molar-refractivity contribution in [2.45, 2.75) is 43.0 Å². The first-order chi connectivity index (χ1) is 13.7. The summed E-state index contributed by atoms with van der Waals surface area (Å²) in [6.45, 7) is 0.264. The summed E-state index contributed by atoms with van der Waals surface area (Å²) < 4.78 is 0. The lowest BCUT2D eigenvalue weighted by Gasteiger charge is -2.35. The molecule has 0 radical (unpaired) electrons. The van der Waals surface area contributed by atoms with Crippen molar-refractivity contribution >= 4 is 29.1 Å². The van der Waals surface area contributed by atoms with Crippen LogP contribution in [-0.4, -0.2) is 37.6 Å². The Morgan fingerprint density at radius 2 is 1.79 bits per heavy atom. The smallest absolute Gasteiger partial charge is 0.241 e. The summed E-state index contributed by atoms with van der Waals surface area (Å²) in [6, 6.07) is 15.3. The molecule has 1 aliphatic rings. The fourth-order valence-corrected chi connectivity index (χ4v) is 4.33. The fourth-order valence-electron chi connectivity index (χ4n) is 3.89. The van der Waals surface area contributed by atoms with E-state index < -0.39 is 0 Å². The van der Waals surface area contributed by atoms with Crippen LogP contribution in [0.4, 0.5) is 5.69 Å². The van der Waals surface area contributed by atoms with Crippen molar-refractivity contribution in [3.8, 4) is 0 Å². The number of hydrogen-bond donors (Lipinski definition) is 1. The maximum Gasteiger partial charge on any atom is 0.241 e. The molecule has 1 aliphatic carbocycles. The molecule has 1 amide bonds. The maximum absolute atomic E-state index is 13.3. The Kier molecular flexibility index (Phi) is 7.29. The zero-order valence-electron chi connectivity index (χ0n) is 16.6. The Hall–Kier alpha value is -2.11. The van der Waals surface area contributed by atoms with E-state index in [1.807, 2.05) is 59.7 Å². The van der Waals surface area contributed by atoms with Gasteiger partial charge in [-0.05, 0) is 44.3 Å². The molecule has 1 fully saturated rings. The number of carbonyl (C=O) groups is 2. The van der Waals surface area contributed by atoms with E-state index in [1.54, 1.807) is 18.8 Å². The Morgan fingerprint density at radius 3 is 2.43 bits per heavy atom. The fraction of sp³-hybridized carbons (Fsp3) is 0.391. The summed E-state index contributed by atoms with van der Waals surface area (Å²) >= 11 is 1.60. The van der Waals surface area contributed by atoms with Crippen LogP contribution in [0.2, 0.25) is 0 Å². The van der Waals surface area contributed by atoms with E-state index in [0.29, 0.717) is 11.1 Å². The molecule has 0 bridgehead atoms. The standard InChI is InChI=1S/C23H28N2O2S/c1-24-16-22(26)25(18-11-7-4-8-12-18)21-14-13-19(28-2)15-20(21)23(27)17-9-5-3-6-10-17/h3,5-6,9-10,13-15,18,24H,4,7-8,11-12,16H2,1-2H3. The third-order valence-corrected chi connectivity index (χ3v) is 6.01. The number of ketones is 1. The second-order valence-corrected chi connectivity index (χ2v) is 8.04. The van der Waals surface area contributed by atoms with Crippen LogP contribution in [0.5, 0.6) is 0 Å². The van der Waals surface area contributed by atoms with Crippen molar-refractivity contribution in [2.75, 3.05) is 24.7 Å². The van der Waals surface area contributed by atoms with Gasteiger partial charge in [-0.1, -0.05) is 49.6 Å². The van der Waals surface area contributed by atoms with Crippen molar-refractivity contribution in [3.63, 3.8) is 0 Å². The van der Waals surface area contributed by atoms with E-state index in [4.69, 9.17) is 0 Å². The Balaban J connectivity index is 2.08. The second kappa shape index (κ2) is 9.89. The summed E-state index contributed by atoms with van der Waals surface area (Å²) in [7, 11) is 1.78. The van der Waals surface area contributed by atoms with E-state index in [1.165, 1.54) is 6.42 Å². The van der Waals surface area contributed by atoms with Gasteiger partial charge in [0, 0.05) is 22.1 Å². The molecule has 1 saturated carbocycles. The average Bonchev–Trinajstić information content (AvgIpc) is 2.75. The second-order valence-electron chi connectivity index (χ2n) is 7.16. The highest BCUT2D eigenvalue weighted by Gasteiger charge is 2.29. The van der Waals surface area contributed by atoms with Crippen molar-refractivity contribution < 1.29 is 9.59 Å². The van der Waals surface area contributed by atoms with Crippen LogP contribution in [0.25, 0.3) is 0 Å². The van der Waals surface area contributed by atoms with Gasteiger partial charge in [-0.25, -0.2) is 0 Å². The summed E-state index contributed by atoms with van der Waals surface area (Å²) in [4.78, 5) is 29.3. The molecule has 5 heteroatoms. The van der Waals surface area contributed by atoms with Crippen LogP contribution in [-0.2, 0) is 4.79 Å². The third-order valence-electron chi connectivity index (χ3n) is 5.28. The first-order valence-corrected chi connectivity index (χ1v) is 11.1. The molecule has 0 aromatic heterocycles. The lowest BCUT2D eigenvalue weighted by molar-refractivity contribution is -0.118. The normalized spacial score (nSPS) is 14.6. The first-order valence-electron chi connectivity index (χ1n) is 9.90. The first kappa shape index (κ1) is 20.6. The van der Waals surface area contributed by atoms with Gasteiger partial charge in [0.05, 0.1) is 12.2 Å². The lowest BCUT2D eigenvalue weighted by atomic mass is 9.92. The molecule has 2 aromatic rings. The molecule has 1 N–H and O–H groups in total. The minimum absolute atomic E-state index is 0.0217. The van der Waals surface area contributed by atoms with Crippen molar-refractivity contribution in [2.24, 2.45) is 0 Å². The molecule has 4 nitrogen and oxygen atoms in total. The summed E-state index contributed by atoms with van der Waals surface area (Å²) in [6.07, 6.45) is 7.43. The third kappa shape index (κ3) is 4.65. The highest BCUT2D eigenvalue weighted by molar-refractivity contribution is 7.98. The zero-order valence-corrected chi connectivity index (χ0v) is 17.4. The van der Waals surface area contributed by atoms with Gasteiger partial charge in [0.1, 0.15) is 0 Å². The van der Waals surface area contributed by atoms with Crippen LogP contribution in [0.15, 0.2) is 53.4 Å². The van der Waals surface area contributed by atoms with Crippen molar-refractivity contribution in [3.05, 3.63) is 59.7 Å². The minimum atomic E-state index is -0.0374. The van der Waals surface area contributed by atoms with Gasteiger partial charge >= 0.3 is 0 Å². The SMILES string of the molecule is CNCC(=O)N(c1ccc(SC)cc1C(=O)c1ccccc1)C1CCCCC1. The topological polar surface area (TPSA) is 49.4 Å². The van der Waals surface area contributed by atoms with Crippen LogP contribution in [0.1, 0.15) is 48.0 Å². The van der Waals surface area contributed by atoms with Gasteiger partial charge in [-0.15, -0.1) is 11.8 Å². The van der Waals surface area contributed by atoms with Crippen LogP contribution in [0.3, 0.4) is 0 Å². The molecule has 0 saturated heterocycles. The van der Waals surface area contributed by atoms with E-state index >= 15 is 0 Å². The Labute approximate surface area is 171 Å². The van der Waals surface area contributed by atoms with Crippen molar-refractivity contribution in [1.82, 2.24) is 5.32 Å². The Morgan fingerprint density at radius 1 is 1.07 bits per heavy atom. The highest BCUT2D eigenvalue weighted by atomic mass is 32.2. The molecule has 0 heterocycles. The molecule has 2 aromatic carbocycles. The number of amides is 1. The summed E-state index contributed by atoms with van der Waals surface area (Å²) in [5, 5.41) is 2.98. The quantitative estimate of drug-likeness (QED) is 0.552. The van der Waals surface area contributed by atoms with Gasteiger partial charge < -0.3 is 10.2 Å². The van der Waals surface area contributed by atoms with E-state index in [-0.39, 0.29) is 24.3 Å². The van der Waals surface area contributed by atoms with Gasteiger partial charge in [0.25, 0.3) is 0 Å². The molecule has 3 rings (SSSR count). The maximum atomic E-state index is 13.3. The Bertz CT molecular complexity index is 817. The van der Waals surface area contributed by atoms with E-state index in [0.717, 1.165) is 36.3 Å². The monoisotopic (exact) mass is 396 g/mol.